The zero-order chi connectivity index (χ0) is 13.8. The van der Waals surface area contributed by atoms with Crippen molar-refractivity contribution in [1.82, 2.24) is 10.3 Å². The van der Waals surface area contributed by atoms with Crippen molar-refractivity contribution in [1.29, 1.82) is 0 Å². The fourth-order valence-corrected chi connectivity index (χ4v) is 1.99. The first-order valence-corrected chi connectivity index (χ1v) is 6.79. The molecule has 3 heteroatoms. The topological polar surface area (TPSA) is 38.1 Å². The molecule has 0 saturated heterocycles. The minimum absolute atomic E-state index is 0.633. The molecule has 0 unspecified atom stereocenters. The second-order valence-electron chi connectivity index (χ2n) is 5.46. The summed E-state index contributed by atoms with van der Waals surface area (Å²) in [6, 6.07) is 6.37. The fraction of sp³-hybridized carbons (Fsp3) is 0.438. The molecule has 0 spiro atoms. The Bertz CT molecular complexity index is 543. The number of nitrogens with one attached hydrogen (secondary N) is 1. The van der Waals surface area contributed by atoms with Gasteiger partial charge in [0, 0.05) is 5.56 Å². The highest BCUT2D eigenvalue weighted by molar-refractivity contribution is 5.62. The van der Waals surface area contributed by atoms with Gasteiger partial charge in [0.05, 0.1) is 12.7 Å². The van der Waals surface area contributed by atoms with Crippen LogP contribution in [0.15, 0.2) is 28.8 Å². The zero-order valence-corrected chi connectivity index (χ0v) is 12.2. The third-order valence-electron chi connectivity index (χ3n) is 3.04. The van der Waals surface area contributed by atoms with Crippen molar-refractivity contribution in [3.8, 4) is 11.3 Å². The van der Waals surface area contributed by atoms with Crippen LogP contribution in [0.2, 0.25) is 0 Å². The molecule has 0 aliphatic heterocycles. The van der Waals surface area contributed by atoms with E-state index in [-0.39, 0.29) is 0 Å². The molecule has 0 aliphatic carbocycles. The Kier molecular flexibility index (Phi) is 4.38. The molecule has 0 radical (unpaired) electrons. The summed E-state index contributed by atoms with van der Waals surface area (Å²) in [5.74, 6) is 2.23. The molecule has 3 nitrogen and oxygen atoms in total. The Morgan fingerprint density at radius 2 is 2.05 bits per heavy atom. The molecule has 1 N–H and O–H groups in total. The van der Waals surface area contributed by atoms with Crippen molar-refractivity contribution in [2.75, 3.05) is 6.54 Å². The van der Waals surface area contributed by atoms with E-state index in [0.717, 1.165) is 23.8 Å². The lowest BCUT2D eigenvalue weighted by Crippen LogP contribution is -2.18. The van der Waals surface area contributed by atoms with E-state index in [1.807, 2.05) is 6.20 Å². The minimum Gasteiger partial charge on any atom is -0.439 e. The molecule has 0 bridgehead atoms. The first-order valence-electron chi connectivity index (χ1n) is 6.79. The zero-order valence-electron chi connectivity index (χ0n) is 12.2. The Morgan fingerprint density at radius 1 is 1.26 bits per heavy atom. The van der Waals surface area contributed by atoms with Crippen LogP contribution >= 0.6 is 0 Å². The molecular formula is C16H22N2O. The van der Waals surface area contributed by atoms with Gasteiger partial charge in [-0.1, -0.05) is 31.5 Å². The van der Waals surface area contributed by atoms with E-state index >= 15 is 0 Å². The van der Waals surface area contributed by atoms with Gasteiger partial charge in [-0.25, -0.2) is 4.98 Å². The SMILES string of the molecule is Cc1ccc(C)c(-c2cnc(CNCC(C)C)o2)c1. The van der Waals surface area contributed by atoms with Crippen molar-refractivity contribution in [2.45, 2.75) is 34.2 Å². The number of aromatic nitrogens is 1. The van der Waals surface area contributed by atoms with Crippen molar-refractivity contribution in [3.63, 3.8) is 0 Å². The molecule has 0 atom stereocenters. The number of hydrogen-bond donors (Lipinski definition) is 1. The maximum atomic E-state index is 5.81. The van der Waals surface area contributed by atoms with Gasteiger partial charge in [0.1, 0.15) is 0 Å². The summed E-state index contributed by atoms with van der Waals surface area (Å²) in [5.41, 5.74) is 3.57. The molecule has 0 amide bonds. The van der Waals surface area contributed by atoms with Crippen LogP contribution in [0.5, 0.6) is 0 Å². The van der Waals surface area contributed by atoms with E-state index in [2.05, 4.69) is 56.2 Å². The highest BCUT2D eigenvalue weighted by atomic mass is 16.4. The quantitative estimate of drug-likeness (QED) is 0.888. The van der Waals surface area contributed by atoms with Crippen LogP contribution in [-0.4, -0.2) is 11.5 Å². The van der Waals surface area contributed by atoms with Crippen LogP contribution in [0.25, 0.3) is 11.3 Å². The Labute approximate surface area is 115 Å². The van der Waals surface area contributed by atoms with Crippen LogP contribution in [-0.2, 0) is 6.54 Å². The average Bonchev–Trinajstić information content (AvgIpc) is 2.80. The fourth-order valence-electron chi connectivity index (χ4n) is 1.99. The number of benzene rings is 1. The van der Waals surface area contributed by atoms with E-state index < -0.39 is 0 Å². The molecule has 0 aliphatic rings. The van der Waals surface area contributed by atoms with E-state index in [1.54, 1.807) is 0 Å². The van der Waals surface area contributed by atoms with Gasteiger partial charge < -0.3 is 9.73 Å². The van der Waals surface area contributed by atoms with Crippen LogP contribution < -0.4 is 5.32 Å². The normalized spacial score (nSPS) is 11.2. The molecule has 1 aromatic carbocycles. The summed E-state index contributed by atoms with van der Waals surface area (Å²) in [4.78, 5) is 4.33. The second-order valence-corrected chi connectivity index (χ2v) is 5.46. The molecule has 1 heterocycles. The number of oxazole rings is 1. The lowest BCUT2D eigenvalue weighted by molar-refractivity contribution is 0.459. The lowest BCUT2D eigenvalue weighted by Gasteiger charge is -2.05. The predicted octanol–water partition coefficient (Wildman–Crippen LogP) is 3.70. The van der Waals surface area contributed by atoms with Crippen LogP contribution in [0.3, 0.4) is 0 Å². The number of nitrogens with zero attached hydrogens (tertiary/aromatic N) is 1. The molecular weight excluding hydrogens is 236 g/mol. The first-order chi connectivity index (χ1) is 9.06. The van der Waals surface area contributed by atoms with Crippen LogP contribution in [0, 0.1) is 19.8 Å². The number of hydrogen-bond acceptors (Lipinski definition) is 3. The summed E-state index contributed by atoms with van der Waals surface area (Å²) in [6.07, 6.45) is 1.81. The van der Waals surface area contributed by atoms with Gasteiger partial charge >= 0.3 is 0 Å². The first kappa shape index (κ1) is 13.8. The van der Waals surface area contributed by atoms with Crippen molar-refractivity contribution < 1.29 is 4.42 Å². The van der Waals surface area contributed by atoms with Crippen LogP contribution in [0.1, 0.15) is 30.9 Å². The lowest BCUT2D eigenvalue weighted by atomic mass is 10.0. The second kappa shape index (κ2) is 6.02. The maximum Gasteiger partial charge on any atom is 0.208 e. The molecule has 19 heavy (non-hydrogen) atoms. The maximum absolute atomic E-state index is 5.81. The Morgan fingerprint density at radius 3 is 2.79 bits per heavy atom. The number of aryl methyl sites for hydroxylation is 2. The van der Waals surface area contributed by atoms with E-state index in [0.29, 0.717) is 12.5 Å². The monoisotopic (exact) mass is 258 g/mol. The third kappa shape index (κ3) is 3.67. The van der Waals surface area contributed by atoms with Gasteiger partial charge in [-0.05, 0) is 37.9 Å². The molecule has 0 fully saturated rings. The van der Waals surface area contributed by atoms with E-state index in [1.165, 1.54) is 11.1 Å². The Hall–Kier alpha value is -1.61. The van der Waals surface area contributed by atoms with E-state index in [4.69, 9.17) is 4.42 Å². The largest absolute Gasteiger partial charge is 0.439 e. The smallest absolute Gasteiger partial charge is 0.208 e. The summed E-state index contributed by atoms with van der Waals surface area (Å²) in [5, 5.41) is 3.34. The van der Waals surface area contributed by atoms with Crippen molar-refractivity contribution in [2.24, 2.45) is 5.92 Å². The molecule has 2 aromatic rings. The highest BCUT2D eigenvalue weighted by Crippen LogP contribution is 2.25. The van der Waals surface area contributed by atoms with Gasteiger partial charge in [-0.15, -0.1) is 0 Å². The highest BCUT2D eigenvalue weighted by Gasteiger charge is 2.09. The number of rotatable bonds is 5. The Balaban J connectivity index is 2.10. The summed E-state index contributed by atoms with van der Waals surface area (Å²) in [7, 11) is 0. The van der Waals surface area contributed by atoms with Gasteiger partial charge in [0.15, 0.2) is 5.76 Å². The third-order valence-corrected chi connectivity index (χ3v) is 3.04. The van der Waals surface area contributed by atoms with Gasteiger partial charge in [-0.3, -0.25) is 0 Å². The molecule has 2 rings (SSSR count). The van der Waals surface area contributed by atoms with Crippen molar-refractivity contribution in [3.05, 3.63) is 41.4 Å². The average molecular weight is 258 g/mol. The molecule has 0 saturated carbocycles. The van der Waals surface area contributed by atoms with Gasteiger partial charge in [0.25, 0.3) is 0 Å². The van der Waals surface area contributed by atoms with Crippen molar-refractivity contribution >= 4 is 0 Å². The van der Waals surface area contributed by atoms with Gasteiger partial charge in [0.2, 0.25) is 5.89 Å². The summed E-state index contributed by atoms with van der Waals surface area (Å²) < 4.78 is 5.81. The summed E-state index contributed by atoms with van der Waals surface area (Å²) in [6.45, 7) is 10.2. The van der Waals surface area contributed by atoms with Gasteiger partial charge in [-0.2, -0.15) is 0 Å². The predicted molar refractivity (Wildman–Crippen MR) is 78.0 cm³/mol. The van der Waals surface area contributed by atoms with Crippen LogP contribution in [0.4, 0.5) is 0 Å². The molecule has 102 valence electrons. The molecule has 1 aromatic heterocycles. The minimum atomic E-state index is 0.633. The summed E-state index contributed by atoms with van der Waals surface area (Å²) >= 11 is 0. The standard InChI is InChI=1S/C16H22N2O/c1-11(2)8-17-10-16-18-9-15(19-16)14-7-12(3)5-6-13(14)4/h5-7,9,11,17H,8,10H2,1-4H3. The van der Waals surface area contributed by atoms with E-state index in [9.17, 15) is 0 Å².